The lowest BCUT2D eigenvalue weighted by molar-refractivity contribution is 0.102. The van der Waals surface area contributed by atoms with E-state index in [2.05, 4.69) is 41.7 Å². The molecule has 1 saturated carbocycles. The minimum absolute atomic E-state index is 0.0798. The third-order valence-corrected chi connectivity index (χ3v) is 5.46. The second kappa shape index (κ2) is 8.68. The summed E-state index contributed by atoms with van der Waals surface area (Å²) in [6.07, 6.45) is 5.92. The number of aromatic amines is 1. The summed E-state index contributed by atoms with van der Waals surface area (Å²) in [6.45, 7) is 7.11. The maximum absolute atomic E-state index is 11.3. The molecule has 1 aliphatic carbocycles. The molecular weight excluding hydrogens is 350 g/mol. The van der Waals surface area contributed by atoms with E-state index >= 15 is 0 Å². The van der Waals surface area contributed by atoms with Gasteiger partial charge < -0.3 is 4.98 Å². The van der Waals surface area contributed by atoms with E-state index < -0.39 is 0 Å². The zero-order chi connectivity index (χ0) is 16.8. The summed E-state index contributed by atoms with van der Waals surface area (Å²) >= 11 is 3.14. The molecule has 0 spiro atoms. The normalized spacial score (nSPS) is 21.1. The number of aromatic nitrogens is 1. The number of carbonyl (C=O) groups is 1. The number of carbonyl (C=O) groups excluding carboxylic acids is 1. The largest absolute Gasteiger partial charge is 0.352 e. The Morgan fingerprint density at radius 1 is 1.22 bits per heavy atom. The number of Topliss-reactive ketones (excluding diaryl/α,β-unsaturated/α-hetero) is 1. The van der Waals surface area contributed by atoms with Gasteiger partial charge in [-0.1, -0.05) is 67.7 Å². The quantitative estimate of drug-likeness (QED) is 0.500. The molecule has 0 atom stereocenters. The SMILES string of the molecule is CC1CCC(C(C)C)CC1.O=C(CBr)c1cc2ccccc2[nH]1. The van der Waals surface area contributed by atoms with Gasteiger partial charge in [-0.25, -0.2) is 0 Å². The topological polar surface area (TPSA) is 32.9 Å². The van der Waals surface area contributed by atoms with E-state index in [0.717, 1.165) is 28.7 Å². The van der Waals surface area contributed by atoms with Gasteiger partial charge in [-0.15, -0.1) is 0 Å². The molecule has 0 bridgehead atoms. The Morgan fingerprint density at radius 2 is 1.87 bits per heavy atom. The molecule has 2 aromatic rings. The third-order valence-electron chi connectivity index (χ3n) is 4.96. The lowest BCUT2D eigenvalue weighted by Gasteiger charge is -2.28. The van der Waals surface area contributed by atoms with Crippen molar-refractivity contribution in [1.82, 2.24) is 4.98 Å². The zero-order valence-corrected chi connectivity index (χ0v) is 16.0. The van der Waals surface area contributed by atoms with Crippen LogP contribution in [0.5, 0.6) is 0 Å². The van der Waals surface area contributed by atoms with Crippen LogP contribution in [0.4, 0.5) is 0 Å². The average molecular weight is 378 g/mol. The van der Waals surface area contributed by atoms with Crippen LogP contribution in [0.25, 0.3) is 10.9 Å². The van der Waals surface area contributed by atoms with Crippen LogP contribution in [0.1, 0.15) is 56.9 Å². The second-order valence-corrected chi connectivity index (χ2v) is 7.65. The Hall–Kier alpha value is -1.09. The lowest BCUT2D eigenvalue weighted by atomic mass is 9.78. The van der Waals surface area contributed by atoms with E-state index in [0.29, 0.717) is 11.0 Å². The van der Waals surface area contributed by atoms with Crippen molar-refractivity contribution in [3.8, 4) is 0 Å². The first kappa shape index (κ1) is 18.3. The van der Waals surface area contributed by atoms with Crippen molar-refractivity contribution in [2.24, 2.45) is 17.8 Å². The molecule has 2 nitrogen and oxygen atoms in total. The molecule has 0 saturated heterocycles. The summed E-state index contributed by atoms with van der Waals surface area (Å²) in [5.74, 6) is 3.05. The number of nitrogens with one attached hydrogen (secondary N) is 1. The molecule has 1 N–H and O–H groups in total. The zero-order valence-electron chi connectivity index (χ0n) is 14.4. The first-order valence-electron chi connectivity index (χ1n) is 8.68. The molecular formula is C20H28BrNO. The number of alkyl halides is 1. The molecule has 23 heavy (non-hydrogen) atoms. The van der Waals surface area contributed by atoms with E-state index in [1.807, 2.05) is 30.3 Å². The molecule has 3 rings (SSSR count). The molecule has 1 aliphatic rings. The fourth-order valence-corrected chi connectivity index (χ4v) is 3.55. The van der Waals surface area contributed by atoms with Crippen molar-refractivity contribution in [3.05, 3.63) is 36.0 Å². The molecule has 1 aromatic carbocycles. The number of para-hydroxylation sites is 1. The van der Waals surface area contributed by atoms with Gasteiger partial charge in [0.25, 0.3) is 0 Å². The van der Waals surface area contributed by atoms with Crippen LogP contribution >= 0.6 is 15.9 Å². The monoisotopic (exact) mass is 377 g/mol. The van der Waals surface area contributed by atoms with Crippen molar-refractivity contribution >= 4 is 32.6 Å². The van der Waals surface area contributed by atoms with E-state index in [-0.39, 0.29) is 5.78 Å². The number of hydrogen-bond donors (Lipinski definition) is 1. The third kappa shape index (κ3) is 5.20. The Morgan fingerprint density at radius 3 is 2.43 bits per heavy atom. The summed E-state index contributed by atoms with van der Waals surface area (Å²) < 4.78 is 0. The van der Waals surface area contributed by atoms with Crippen LogP contribution in [-0.4, -0.2) is 16.1 Å². The summed E-state index contributed by atoms with van der Waals surface area (Å²) in [7, 11) is 0. The number of halogens is 1. The first-order chi connectivity index (χ1) is 11.0. The molecule has 0 radical (unpaired) electrons. The van der Waals surface area contributed by atoms with Gasteiger partial charge in [-0.2, -0.15) is 0 Å². The highest BCUT2D eigenvalue weighted by Gasteiger charge is 2.20. The molecule has 0 unspecified atom stereocenters. The first-order valence-corrected chi connectivity index (χ1v) is 9.80. The molecule has 3 heteroatoms. The molecule has 0 amide bonds. The summed E-state index contributed by atoms with van der Waals surface area (Å²) in [5.41, 5.74) is 1.67. The Balaban J connectivity index is 0.000000174. The minimum Gasteiger partial charge on any atom is -0.352 e. The highest BCUT2D eigenvalue weighted by atomic mass is 79.9. The van der Waals surface area contributed by atoms with Gasteiger partial charge in [0.2, 0.25) is 0 Å². The standard InChI is InChI=1S/C10H8BrNO.C10H20/c11-6-10(13)9-5-7-3-1-2-4-8(7)12-9;1-8(2)10-6-4-9(3)5-7-10/h1-5,12H,6H2;8-10H,4-7H2,1-3H3. The van der Waals surface area contributed by atoms with Crippen molar-refractivity contribution in [2.45, 2.75) is 46.5 Å². The number of rotatable bonds is 3. The van der Waals surface area contributed by atoms with Gasteiger partial charge in [-0.05, 0) is 42.7 Å². The summed E-state index contributed by atoms with van der Waals surface area (Å²) in [6, 6.07) is 9.72. The Labute approximate surface area is 148 Å². The van der Waals surface area contributed by atoms with E-state index in [4.69, 9.17) is 0 Å². The lowest BCUT2D eigenvalue weighted by Crippen LogP contribution is -2.16. The predicted molar refractivity (Wildman–Crippen MR) is 102 cm³/mol. The van der Waals surface area contributed by atoms with Crippen LogP contribution in [0, 0.1) is 17.8 Å². The van der Waals surface area contributed by atoms with Crippen LogP contribution in [0.3, 0.4) is 0 Å². The summed E-state index contributed by atoms with van der Waals surface area (Å²) in [5, 5.41) is 1.44. The highest BCUT2D eigenvalue weighted by molar-refractivity contribution is 9.09. The number of benzene rings is 1. The number of fused-ring (bicyclic) bond motifs is 1. The fourth-order valence-electron chi connectivity index (χ4n) is 3.25. The van der Waals surface area contributed by atoms with Crippen LogP contribution < -0.4 is 0 Å². The number of hydrogen-bond acceptors (Lipinski definition) is 1. The van der Waals surface area contributed by atoms with Gasteiger partial charge in [-0.3, -0.25) is 4.79 Å². The second-order valence-electron chi connectivity index (χ2n) is 7.09. The van der Waals surface area contributed by atoms with Crippen molar-refractivity contribution in [3.63, 3.8) is 0 Å². The molecule has 1 fully saturated rings. The summed E-state index contributed by atoms with van der Waals surface area (Å²) in [4.78, 5) is 14.4. The molecule has 0 aliphatic heterocycles. The molecule has 1 aromatic heterocycles. The van der Waals surface area contributed by atoms with E-state index in [1.54, 1.807) is 0 Å². The molecule has 126 valence electrons. The van der Waals surface area contributed by atoms with Gasteiger partial charge in [0.1, 0.15) is 0 Å². The van der Waals surface area contributed by atoms with Gasteiger partial charge in [0.05, 0.1) is 11.0 Å². The molecule has 1 heterocycles. The van der Waals surface area contributed by atoms with Crippen molar-refractivity contribution in [2.75, 3.05) is 5.33 Å². The van der Waals surface area contributed by atoms with Gasteiger partial charge in [0.15, 0.2) is 5.78 Å². The Bertz CT molecular complexity index is 590. The fraction of sp³-hybridized carbons (Fsp3) is 0.550. The Kier molecular flexibility index (Phi) is 6.88. The van der Waals surface area contributed by atoms with Crippen molar-refractivity contribution in [1.29, 1.82) is 0 Å². The van der Waals surface area contributed by atoms with E-state index in [1.165, 1.54) is 25.7 Å². The highest BCUT2D eigenvalue weighted by Crippen LogP contribution is 2.32. The predicted octanol–water partition coefficient (Wildman–Crippen LogP) is 6.21. The van der Waals surface area contributed by atoms with Gasteiger partial charge in [0, 0.05) is 10.9 Å². The maximum atomic E-state index is 11.3. The number of H-pyrrole nitrogens is 1. The smallest absolute Gasteiger partial charge is 0.189 e. The average Bonchev–Trinajstić information content (AvgIpc) is 2.99. The van der Waals surface area contributed by atoms with Gasteiger partial charge >= 0.3 is 0 Å². The number of ketones is 1. The maximum Gasteiger partial charge on any atom is 0.189 e. The van der Waals surface area contributed by atoms with Crippen LogP contribution in [0.2, 0.25) is 0 Å². The van der Waals surface area contributed by atoms with Crippen LogP contribution in [0.15, 0.2) is 30.3 Å². The van der Waals surface area contributed by atoms with Crippen molar-refractivity contribution < 1.29 is 4.79 Å². The van der Waals surface area contributed by atoms with Crippen LogP contribution in [-0.2, 0) is 0 Å². The minimum atomic E-state index is 0.0798. The van der Waals surface area contributed by atoms with E-state index in [9.17, 15) is 4.79 Å².